The zero-order valence-electron chi connectivity index (χ0n) is 14.1. The van der Waals surface area contributed by atoms with E-state index in [2.05, 4.69) is 4.98 Å². The maximum atomic E-state index is 12.0. The van der Waals surface area contributed by atoms with Gasteiger partial charge >= 0.3 is 5.97 Å². The van der Waals surface area contributed by atoms with E-state index in [-0.39, 0.29) is 13.0 Å². The van der Waals surface area contributed by atoms with Gasteiger partial charge in [-0.05, 0) is 31.9 Å². The summed E-state index contributed by atoms with van der Waals surface area (Å²) < 4.78 is 5.03. The summed E-state index contributed by atoms with van der Waals surface area (Å²) in [6.45, 7) is 2.90. The molecule has 0 spiro atoms. The van der Waals surface area contributed by atoms with Gasteiger partial charge in [-0.15, -0.1) is 0 Å². The lowest BCUT2D eigenvalue weighted by Crippen LogP contribution is -2.45. The topological polar surface area (TPSA) is 86.2 Å². The van der Waals surface area contributed by atoms with Crippen LogP contribution in [0.1, 0.15) is 25.8 Å². The quantitative estimate of drug-likeness (QED) is 0.826. The predicted molar refractivity (Wildman–Crippen MR) is 90.0 cm³/mol. The van der Waals surface area contributed by atoms with Crippen LogP contribution in [0.4, 0.5) is 0 Å². The van der Waals surface area contributed by atoms with Crippen LogP contribution in [-0.4, -0.2) is 41.0 Å². The number of ether oxygens (including phenoxy) is 1. The van der Waals surface area contributed by atoms with Gasteiger partial charge in [0.25, 0.3) is 5.91 Å². The van der Waals surface area contributed by atoms with E-state index in [9.17, 15) is 9.59 Å². The molecule has 0 fully saturated rings. The van der Waals surface area contributed by atoms with Crippen LogP contribution in [0.2, 0.25) is 0 Å². The van der Waals surface area contributed by atoms with Gasteiger partial charge in [0.05, 0.1) is 6.07 Å². The number of carbonyl (C=O) groups excluding carboxylic acids is 2. The van der Waals surface area contributed by atoms with E-state index in [4.69, 9.17) is 10.00 Å². The normalized spacial score (nSPS) is 11.1. The van der Waals surface area contributed by atoms with E-state index in [1.807, 2.05) is 36.5 Å². The van der Waals surface area contributed by atoms with Crippen molar-refractivity contribution in [3.63, 3.8) is 0 Å². The number of amides is 1. The maximum absolute atomic E-state index is 12.0. The highest BCUT2D eigenvalue weighted by molar-refractivity contribution is 5.84. The highest BCUT2D eigenvalue weighted by Gasteiger charge is 2.27. The Bertz CT molecular complexity index is 786. The lowest BCUT2D eigenvalue weighted by molar-refractivity contribution is -0.152. The molecule has 126 valence electrons. The number of nitrogens with one attached hydrogen (secondary N) is 1. The number of esters is 1. The molecule has 24 heavy (non-hydrogen) atoms. The molecular formula is C18H21N3O3. The van der Waals surface area contributed by atoms with Gasteiger partial charge < -0.3 is 14.6 Å². The molecule has 0 aliphatic rings. The number of carbonyl (C=O) groups is 2. The van der Waals surface area contributed by atoms with E-state index in [0.717, 1.165) is 16.5 Å². The Labute approximate surface area is 141 Å². The minimum Gasteiger partial charge on any atom is -0.456 e. The number of fused-ring (bicyclic) bond motifs is 1. The van der Waals surface area contributed by atoms with E-state index < -0.39 is 17.4 Å². The number of aryl methyl sites for hydroxylation is 1. The first kappa shape index (κ1) is 17.5. The summed E-state index contributed by atoms with van der Waals surface area (Å²) in [4.78, 5) is 28.2. The number of aromatic nitrogens is 1. The molecule has 6 heteroatoms. The van der Waals surface area contributed by atoms with Gasteiger partial charge in [-0.1, -0.05) is 18.2 Å². The van der Waals surface area contributed by atoms with Crippen LogP contribution in [-0.2, 0) is 20.7 Å². The molecule has 2 rings (SSSR count). The van der Waals surface area contributed by atoms with Crippen LogP contribution in [0.5, 0.6) is 0 Å². The SMILES string of the molecule is CN(C(=O)COC(=O)CCc1c[nH]c2ccccc12)C(C)(C)C#N. The third-order valence-corrected chi connectivity index (χ3v) is 4.12. The van der Waals surface area contributed by atoms with Gasteiger partial charge in [0.15, 0.2) is 6.61 Å². The van der Waals surface area contributed by atoms with Crippen molar-refractivity contribution in [3.05, 3.63) is 36.0 Å². The average molecular weight is 327 g/mol. The molecule has 0 saturated carbocycles. The summed E-state index contributed by atoms with van der Waals surface area (Å²) in [7, 11) is 1.52. The van der Waals surface area contributed by atoms with Crippen LogP contribution in [0.15, 0.2) is 30.5 Å². The number of hydrogen-bond acceptors (Lipinski definition) is 4. The van der Waals surface area contributed by atoms with Crippen LogP contribution >= 0.6 is 0 Å². The highest BCUT2D eigenvalue weighted by atomic mass is 16.5. The number of aromatic amines is 1. The molecular weight excluding hydrogens is 306 g/mol. The number of para-hydroxylation sites is 1. The molecule has 0 bridgehead atoms. The third kappa shape index (κ3) is 3.93. The minimum absolute atomic E-state index is 0.195. The number of likely N-dealkylation sites (N-methyl/N-ethyl adjacent to an activating group) is 1. The summed E-state index contributed by atoms with van der Waals surface area (Å²) in [5.41, 5.74) is 1.13. The zero-order valence-corrected chi connectivity index (χ0v) is 14.1. The number of nitrogens with zero attached hydrogens (tertiary/aromatic N) is 2. The van der Waals surface area contributed by atoms with Crippen LogP contribution < -0.4 is 0 Å². The van der Waals surface area contributed by atoms with Crippen molar-refractivity contribution >= 4 is 22.8 Å². The van der Waals surface area contributed by atoms with E-state index in [0.29, 0.717) is 6.42 Å². The molecule has 2 aromatic rings. The molecule has 1 aromatic heterocycles. The van der Waals surface area contributed by atoms with Crippen molar-refractivity contribution in [1.82, 2.24) is 9.88 Å². The Kier molecular flexibility index (Phi) is 5.24. The molecule has 0 aliphatic carbocycles. The van der Waals surface area contributed by atoms with Crippen LogP contribution in [0.25, 0.3) is 10.9 Å². The molecule has 0 atom stereocenters. The summed E-state index contributed by atoms with van der Waals surface area (Å²) in [6.07, 6.45) is 2.61. The van der Waals surface area contributed by atoms with Crippen molar-refractivity contribution in [3.8, 4) is 6.07 Å². The molecule has 6 nitrogen and oxygen atoms in total. The van der Waals surface area contributed by atoms with Crippen molar-refractivity contribution in [2.24, 2.45) is 0 Å². The zero-order chi connectivity index (χ0) is 17.7. The second kappa shape index (κ2) is 7.18. The fourth-order valence-corrected chi connectivity index (χ4v) is 2.27. The fraction of sp³-hybridized carbons (Fsp3) is 0.389. The number of hydrogen-bond donors (Lipinski definition) is 1. The van der Waals surface area contributed by atoms with E-state index in [1.54, 1.807) is 13.8 Å². The standard InChI is InChI=1S/C18H21N3O3/c1-18(2,12-19)21(3)16(22)11-24-17(23)9-8-13-10-20-15-7-5-4-6-14(13)15/h4-7,10,20H,8-9,11H2,1-3H3. The van der Waals surface area contributed by atoms with Crippen molar-refractivity contribution < 1.29 is 14.3 Å². The van der Waals surface area contributed by atoms with Gasteiger partial charge in [-0.3, -0.25) is 9.59 Å². The second-order valence-corrected chi connectivity index (χ2v) is 6.14. The minimum atomic E-state index is -0.937. The lowest BCUT2D eigenvalue weighted by atomic mass is 10.1. The van der Waals surface area contributed by atoms with Gasteiger partial charge in [0.2, 0.25) is 0 Å². The Morgan fingerprint density at radius 3 is 2.75 bits per heavy atom. The fourth-order valence-electron chi connectivity index (χ4n) is 2.27. The summed E-state index contributed by atoms with van der Waals surface area (Å²) in [5.74, 6) is -0.834. The van der Waals surface area contributed by atoms with E-state index >= 15 is 0 Å². The molecule has 1 amide bonds. The maximum Gasteiger partial charge on any atom is 0.306 e. The molecule has 1 N–H and O–H groups in total. The monoisotopic (exact) mass is 327 g/mol. The highest BCUT2D eigenvalue weighted by Crippen LogP contribution is 2.19. The number of rotatable bonds is 6. The summed E-state index contributed by atoms with van der Waals surface area (Å²) >= 11 is 0. The van der Waals surface area contributed by atoms with Crippen molar-refractivity contribution in [1.29, 1.82) is 5.26 Å². The first-order valence-electron chi connectivity index (χ1n) is 7.73. The first-order chi connectivity index (χ1) is 11.3. The first-order valence-corrected chi connectivity index (χ1v) is 7.73. The number of H-pyrrole nitrogens is 1. The number of nitriles is 1. The van der Waals surface area contributed by atoms with Crippen LogP contribution in [0, 0.1) is 11.3 Å². The molecule has 1 heterocycles. The summed E-state index contributed by atoms with van der Waals surface area (Å²) in [6, 6.07) is 9.90. The Morgan fingerprint density at radius 1 is 1.33 bits per heavy atom. The largest absolute Gasteiger partial charge is 0.456 e. The van der Waals surface area contributed by atoms with Gasteiger partial charge in [-0.2, -0.15) is 5.26 Å². The molecule has 0 aliphatic heterocycles. The van der Waals surface area contributed by atoms with Gasteiger partial charge in [0, 0.05) is 30.6 Å². The van der Waals surface area contributed by atoms with Crippen molar-refractivity contribution in [2.45, 2.75) is 32.2 Å². The Hall–Kier alpha value is -2.81. The smallest absolute Gasteiger partial charge is 0.306 e. The Morgan fingerprint density at radius 2 is 2.04 bits per heavy atom. The average Bonchev–Trinajstić information content (AvgIpc) is 3.00. The van der Waals surface area contributed by atoms with Gasteiger partial charge in [0.1, 0.15) is 5.54 Å². The van der Waals surface area contributed by atoms with E-state index in [1.165, 1.54) is 11.9 Å². The molecule has 0 unspecified atom stereocenters. The molecule has 1 aromatic carbocycles. The van der Waals surface area contributed by atoms with Gasteiger partial charge in [-0.25, -0.2) is 0 Å². The summed E-state index contributed by atoms with van der Waals surface area (Å²) in [5, 5.41) is 10.1. The van der Waals surface area contributed by atoms with Crippen molar-refractivity contribution in [2.75, 3.05) is 13.7 Å². The lowest BCUT2D eigenvalue weighted by Gasteiger charge is -2.28. The predicted octanol–water partition coefficient (Wildman–Crippen LogP) is 2.40. The second-order valence-electron chi connectivity index (χ2n) is 6.14. The molecule has 0 radical (unpaired) electrons. The third-order valence-electron chi connectivity index (χ3n) is 4.12. The van der Waals surface area contributed by atoms with Crippen LogP contribution in [0.3, 0.4) is 0 Å². The molecule has 0 saturated heterocycles. The number of benzene rings is 1. The Balaban J connectivity index is 1.84.